The lowest BCUT2D eigenvalue weighted by molar-refractivity contribution is -0.118. The van der Waals surface area contributed by atoms with Gasteiger partial charge in [-0.3, -0.25) is 4.79 Å². The van der Waals surface area contributed by atoms with Gasteiger partial charge in [0.1, 0.15) is 11.6 Å². The second kappa shape index (κ2) is 5.82. The molecule has 7 heteroatoms. The Balaban J connectivity index is 2.48. The number of amides is 1. The number of terminal acetylenes is 1. The average molecular weight is 237 g/mol. The van der Waals surface area contributed by atoms with Crippen LogP contribution in [0.4, 0.5) is 11.6 Å². The van der Waals surface area contributed by atoms with E-state index in [0.29, 0.717) is 5.16 Å². The Labute approximate surface area is 97.2 Å². The summed E-state index contributed by atoms with van der Waals surface area (Å²) < 4.78 is 0. The Kier molecular flexibility index (Phi) is 4.42. The summed E-state index contributed by atoms with van der Waals surface area (Å²) in [5, 5.41) is 2.89. The third kappa shape index (κ3) is 4.06. The highest BCUT2D eigenvalue weighted by atomic mass is 32.2. The molecule has 0 fully saturated rings. The number of hydrogen-bond acceptors (Lipinski definition) is 6. The smallest absolute Gasteiger partial charge is 0.231 e. The molecule has 5 N–H and O–H groups in total. The van der Waals surface area contributed by atoms with Crippen LogP contribution in [0.25, 0.3) is 0 Å². The second-order valence-corrected chi connectivity index (χ2v) is 3.71. The van der Waals surface area contributed by atoms with E-state index in [1.54, 1.807) is 0 Å². The first kappa shape index (κ1) is 12.1. The van der Waals surface area contributed by atoms with E-state index < -0.39 is 0 Å². The van der Waals surface area contributed by atoms with E-state index in [9.17, 15) is 4.79 Å². The maximum atomic E-state index is 11.2. The van der Waals surface area contributed by atoms with Crippen molar-refractivity contribution in [3.63, 3.8) is 0 Å². The fourth-order valence-corrected chi connectivity index (χ4v) is 1.56. The summed E-state index contributed by atoms with van der Waals surface area (Å²) in [6, 6.07) is 1.45. The van der Waals surface area contributed by atoms with Crippen molar-refractivity contribution in [1.29, 1.82) is 0 Å². The minimum atomic E-state index is -0.187. The molecule has 16 heavy (non-hydrogen) atoms. The lowest BCUT2D eigenvalue weighted by atomic mass is 10.5. The fraction of sp³-hybridized carbons (Fsp3) is 0.222. The van der Waals surface area contributed by atoms with E-state index in [1.807, 2.05) is 0 Å². The van der Waals surface area contributed by atoms with Gasteiger partial charge in [0.15, 0.2) is 5.16 Å². The van der Waals surface area contributed by atoms with Crippen molar-refractivity contribution in [2.75, 3.05) is 23.8 Å². The summed E-state index contributed by atoms with van der Waals surface area (Å²) in [5.74, 6) is 2.84. The van der Waals surface area contributed by atoms with E-state index in [-0.39, 0.29) is 29.8 Å². The highest BCUT2D eigenvalue weighted by Crippen LogP contribution is 2.15. The molecule has 0 aromatic carbocycles. The molecule has 1 heterocycles. The maximum absolute atomic E-state index is 11.2. The van der Waals surface area contributed by atoms with E-state index in [0.717, 1.165) is 11.8 Å². The van der Waals surface area contributed by atoms with Gasteiger partial charge in [-0.2, -0.15) is 0 Å². The van der Waals surface area contributed by atoms with Crippen molar-refractivity contribution < 1.29 is 4.79 Å². The number of nitrogens with zero attached hydrogens (tertiary/aromatic N) is 2. The summed E-state index contributed by atoms with van der Waals surface area (Å²) in [5.41, 5.74) is 10.9. The van der Waals surface area contributed by atoms with Crippen LogP contribution in [0.1, 0.15) is 0 Å². The maximum Gasteiger partial charge on any atom is 0.231 e. The van der Waals surface area contributed by atoms with Gasteiger partial charge in [-0.05, 0) is 0 Å². The molecule has 0 saturated heterocycles. The number of anilines is 2. The van der Waals surface area contributed by atoms with Gasteiger partial charge in [0, 0.05) is 6.07 Å². The molecule has 1 aromatic rings. The van der Waals surface area contributed by atoms with Crippen LogP contribution in [-0.2, 0) is 4.79 Å². The Morgan fingerprint density at radius 1 is 1.50 bits per heavy atom. The first-order valence-electron chi connectivity index (χ1n) is 4.35. The summed E-state index contributed by atoms with van der Waals surface area (Å²) >= 11 is 1.14. The van der Waals surface area contributed by atoms with Crippen LogP contribution in [-0.4, -0.2) is 28.2 Å². The zero-order valence-electron chi connectivity index (χ0n) is 8.43. The van der Waals surface area contributed by atoms with Gasteiger partial charge in [0.05, 0.1) is 12.3 Å². The zero-order chi connectivity index (χ0) is 12.0. The van der Waals surface area contributed by atoms with Crippen LogP contribution in [0, 0.1) is 12.3 Å². The molecule has 84 valence electrons. The van der Waals surface area contributed by atoms with Crippen LogP contribution in [0.3, 0.4) is 0 Å². The topological polar surface area (TPSA) is 107 Å². The Hall–Kier alpha value is -1.94. The van der Waals surface area contributed by atoms with Crippen molar-refractivity contribution in [1.82, 2.24) is 15.3 Å². The molecule has 0 aliphatic rings. The minimum absolute atomic E-state index is 0.171. The lowest BCUT2D eigenvalue weighted by Gasteiger charge is -2.02. The van der Waals surface area contributed by atoms with Crippen molar-refractivity contribution in [3.05, 3.63) is 6.07 Å². The van der Waals surface area contributed by atoms with Gasteiger partial charge in [0.25, 0.3) is 0 Å². The number of carbonyl (C=O) groups excluding carboxylic acids is 1. The normalized spacial score (nSPS) is 9.44. The van der Waals surface area contributed by atoms with Crippen molar-refractivity contribution in [2.45, 2.75) is 5.16 Å². The molecule has 0 saturated carbocycles. The molecule has 0 atom stereocenters. The molecule has 0 aliphatic carbocycles. The molecule has 0 bridgehead atoms. The van der Waals surface area contributed by atoms with Crippen LogP contribution in [0.5, 0.6) is 0 Å². The third-order valence-corrected chi connectivity index (χ3v) is 2.31. The van der Waals surface area contributed by atoms with Gasteiger partial charge in [-0.25, -0.2) is 9.97 Å². The lowest BCUT2D eigenvalue weighted by Crippen LogP contribution is -2.25. The van der Waals surface area contributed by atoms with Gasteiger partial charge in [-0.15, -0.1) is 6.42 Å². The Bertz CT molecular complexity index is 408. The Morgan fingerprint density at radius 3 is 2.69 bits per heavy atom. The standard InChI is InChI=1S/C9H11N5OS/c1-2-3-12-8(15)5-16-9-13-6(10)4-7(11)14-9/h1,4H,3,5H2,(H,12,15)(H4,10,11,13,14). The Morgan fingerprint density at radius 2 is 2.12 bits per heavy atom. The largest absolute Gasteiger partial charge is 0.383 e. The van der Waals surface area contributed by atoms with E-state index >= 15 is 0 Å². The van der Waals surface area contributed by atoms with Crippen LogP contribution < -0.4 is 16.8 Å². The number of hydrogen-bond donors (Lipinski definition) is 3. The molecule has 0 spiro atoms. The molecule has 0 unspecified atom stereocenters. The molecule has 0 radical (unpaired) electrons. The number of thioether (sulfide) groups is 1. The first-order valence-corrected chi connectivity index (χ1v) is 5.33. The quantitative estimate of drug-likeness (QED) is 0.369. The van der Waals surface area contributed by atoms with Gasteiger partial charge >= 0.3 is 0 Å². The summed E-state index contributed by atoms with van der Waals surface area (Å²) in [7, 11) is 0. The molecule has 1 amide bonds. The van der Waals surface area contributed by atoms with Crippen molar-refractivity contribution in [3.8, 4) is 12.3 Å². The van der Waals surface area contributed by atoms with Gasteiger partial charge in [-0.1, -0.05) is 17.7 Å². The van der Waals surface area contributed by atoms with E-state index in [4.69, 9.17) is 17.9 Å². The number of nitrogens with two attached hydrogens (primary N) is 2. The number of nitrogen functional groups attached to an aromatic ring is 2. The molecular weight excluding hydrogens is 226 g/mol. The van der Waals surface area contributed by atoms with Crippen LogP contribution >= 0.6 is 11.8 Å². The molecule has 6 nitrogen and oxygen atoms in total. The number of aromatic nitrogens is 2. The molecular formula is C9H11N5OS. The number of rotatable bonds is 4. The molecule has 1 aromatic heterocycles. The van der Waals surface area contributed by atoms with Crippen molar-refractivity contribution >= 4 is 29.3 Å². The average Bonchev–Trinajstić information content (AvgIpc) is 2.22. The van der Waals surface area contributed by atoms with Crippen molar-refractivity contribution in [2.24, 2.45) is 0 Å². The van der Waals surface area contributed by atoms with Crippen LogP contribution in [0.2, 0.25) is 0 Å². The monoisotopic (exact) mass is 237 g/mol. The molecule has 1 rings (SSSR count). The third-order valence-electron chi connectivity index (χ3n) is 1.47. The minimum Gasteiger partial charge on any atom is -0.383 e. The fourth-order valence-electron chi connectivity index (χ4n) is 0.857. The van der Waals surface area contributed by atoms with E-state index in [1.165, 1.54) is 6.07 Å². The van der Waals surface area contributed by atoms with Gasteiger partial charge in [0.2, 0.25) is 5.91 Å². The number of nitrogens with one attached hydrogen (secondary N) is 1. The molecule has 0 aliphatic heterocycles. The van der Waals surface area contributed by atoms with Crippen LogP contribution in [0.15, 0.2) is 11.2 Å². The zero-order valence-corrected chi connectivity index (χ0v) is 9.25. The predicted octanol–water partition coefficient (Wildman–Crippen LogP) is -0.518. The van der Waals surface area contributed by atoms with E-state index in [2.05, 4.69) is 21.2 Å². The number of carbonyl (C=O) groups is 1. The summed E-state index contributed by atoms with van der Waals surface area (Å²) in [6.45, 7) is 0.208. The summed E-state index contributed by atoms with van der Waals surface area (Å²) in [6.07, 6.45) is 4.99. The highest BCUT2D eigenvalue weighted by Gasteiger charge is 2.05. The first-order chi connectivity index (χ1) is 7.61. The SMILES string of the molecule is C#CCNC(=O)CSc1nc(N)cc(N)n1. The van der Waals surface area contributed by atoms with Gasteiger partial charge < -0.3 is 16.8 Å². The highest BCUT2D eigenvalue weighted by molar-refractivity contribution is 7.99. The predicted molar refractivity (Wildman–Crippen MR) is 63.4 cm³/mol. The second-order valence-electron chi connectivity index (χ2n) is 2.77. The summed E-state index contributed by atoms with van der Waals surface area (Å²) in [4.78, 5) is 19.0.